The molecule has 0 radical (unpaired) electrons. The number of hydrogen-bond acceptors (Lipinski definition) is 4. The summed E-state index contributed by atoms with van der Waals surface area (Å²) in [5.41, 5.74) is 2.20. The molecule has 5 heteroatoms. The molecular weight excluding hydrogens is 330 g/mol. The van der Waals surface area contributed by atoms with E-state index in [-0.39, 0.29) is 5.92 Å². The highest BCUT2D eigenvalue weighted by Gasteiger charge is 2.25. The Bertz CT molecular complexity index is 732. The molecule has 26 heavy (non-hydrogen) atoms. The van der Waals surface area contributed by atoms with Crippen molar-refractivity contribution in [2.45, 2.75) is 26.0 Å². The molecule has 0 aliphatic carbocycles. The second-order valence-electron chi connectivity index (χ2n) is 6.67. The van der Waals surface area contributed by atoms with Crippen LogP contribution in [0.25, 0.3) is 0 Å². The molecule has 138 valence electrons. The SMILES string of the molecule is COc1cc(CN2CCCC(C(=O)O)C2)ccc1OCc1ccccc1. The summed E-state index contributed by atoms with van der Waals surface area (Å²) in [5.74, 6) is 0.448. The highest BCUT2D eigenvalue weighted by Crippen LogP contribution is 2.30. The van der Waals surface area contributed by atoms with Crippen molar-refractivity contribution in [3.8, 4) is 11.5 Å². The van der Waals surface area contributed by atoms with Gasteiger partial charge in [-0.1, -0.05) is 36.4 Å². The van der Waals surface area contributed by atoms with Crippen LogP contribution in [0, 0.1) is 5.92 Å². The van der Waals surface area contributed by atoms with E-state index < -0.39 is 5.97 Å². The average molecular weight is 355 g/mol. The summed E-state index contributed by atoms with van der Waals surface area (Å²) >= 11 is 0. The van der Waals surface area contributed by atoms with Crippen molar-refractivity contribution >= 4 is 5.97 Å². The lowest BCUT2D eigenvalue weighted by atomic mass is 9.98. The van der Waals surface area contributed by atoms with Crippen molar-refractivity contribution in [2.24, 2.45) is 5.92 Å². The first-order valence-electron chi connectivity index (χ1n) is 8.94. The number of aliphatic carboxylic acids is 1. The van der Waals surface area contributed by atoms with Gasteiger partial charge in [-0.3, -0.25) is 9.69 Å². The van der Waals surface area contributed by atoms with Crippen LogP contribution >= 0.6 is 0 Å². The van der Waals surface area contributed by atoms with Crippen LogP contribution in [0.4, 0.5) is 0 Å². The third-order valence-corrected chi connectivity index (χ3v) is 4.73. The molecule has 1 aliphatic heterocycles. The summed E-state index contributed by atoms with van der Waals surface area (Å²) in [6.07, 6.45) is 1.69. The molecule has 1 N–H and O–H groups in total. The summed E-state index contributed by atoms with van der Waals surface area (Å²) in [6, 6.07) is 15.9. The van der Waals surface area contributed by atoms with E-state index in [1.807, 2.05) is 48.5 Å². The maximum atomic E-state index is 11.2. The third kappa shape index (κ3) is 4.76. The molecule has 0 amide bonds. The van der Waals surface area contributed by atoms with Gasteiger partial charge in [-0.2, -0.15) is 0 Å². The van der Waals surface area contributed by atoms with Crippen molar-refractivity contribution in [1.82, 2.24) is 4.90 Å². The predicted molar refractivity (Wildman–Crippen MR) is 99.4 cm³/mol. The van der Waals surface area contributed by atoms with Crippen LogP contribution < -0.4 is 9.47 Å². The number of benzene rings is 2. The maximum Gasteiger partial charge on any atom is 0.307 e. The van der Waals surface area contributed by atoms with E-state index in [9.17, 15) is 9.90 Å². The van der Waals surface area contributed by atoms with E-state index >= 15 is 0 Å². The van der Waals surface area contributed by atoms with Gasteiger partial charge in [0.1, 0.15) is 6.61 Å². The number of carboxylic acid groups (broad SMARTS) is 1. The minimum absolute atomic E-state index is 0.265. The number of piperidine rings is 1. The van der Waals surface area contributed by atoms with E-state index in [1.54, 1.807) is 7.11 Å². The third-order valence-electron chi connectivity index (χ3n) is 4.73. The monoisotopic (exact) mass is 355 g/mol. The first-order chi connectivity index (χ1) is 12.7. The van der Waals surface area contributed by atoms with Gasteiger partial charge in [0, 0.05) is 13.1 Å². The first kappa shape index (κ1) is 18.3. The molecule has 2 aromatic rings. The average Bonchev–Trinajstić information content (AvgIpc) is 2.68. The van der Waals surface area contributed by atoms with Gasteiger partial charge in [-0.15, -0.1) is 0 Å². The number of nitrogens with zero attached hydrogens (tertiary/aromatic N) is 1. The van der Waals surface area contributed by atoms with Crippen molar-refractivity contribution in [2.75, 3.05) is 20.2 Å². The van der Waals surface area contributed by atoms with Gasteiger partial charge in [0.25, 0.3) is 0 Å². The summed E-state index contributed by atoms with van der Waals surface area (Å²) in [7, 11) is 1.63. The Labute approximate surface area is 154 Å². The number of methoxy groups -OCH3 is 1. The van der Waals surface area contributed by atoms with E-state index in [4.69, 9.17) is 9.47 Å². The zero-order valence-corrected chi connectivity index (χ0v) is 15.1. The van der Waals surface area contributed by atoms with E-state index in [0.717, 1.165) is 37.1 Å². The van der Waals surface area contributed by atoms with E-state index in [0.29, 0.717) is 24.7 Å². The zero-order chi connectivity index (χ0) is 18.4. The standard InChI is InChI=1S/C21H25NO4/c1-25-20-12-17(13-22-11-5-8-18(14-22)21(23)24)9-10-19(20)26-15-16-6-3-2-4-7-16/h2-4,6-7,9-10,12,18H,5,8,11,13-15H2,1H3,(H,23,24). The predicted octanol–water partition coefficient (Wildman–Crippen LogP) is 3.57. The Hall–Kier alpha value is -2.53. The summed E-state index contributed by atoms with van der Waals surface area (Å²) < 4.78 is 11.4. The molecule has 0 aromatic heterocycles. The van der Waals surface area contributed by atoms with E-state index in [2.05, 4.69) is 4.90 Å². The Morgan fingerprint density at radius 1 is 1.15 bits per heavy atom. The van der Waals surface area contributed by atoms with Crippen LogP contribution in [-0.2, 0) is 17.9 Å². The van der Waals surface area contributed by atoms with Crippen LogP contribution in [0.3, 0.4) is 0 Å². The molecule has 0 spiro atoms. The molecule has 3 rings (SSSR count). The molecule has 1 aliphatic rings. The van der Waals surface area contributed by atoms with Crippen LogP contribution in [-0.4, -0.2) is 36.2 Å². The fourth-order valence-electron chi connectivity index (χ4n) is 3.32. The topological polar surface area (TPSA) is 59.0 Å². The highest BCUT2D eigenvalue weighted by molar-refractivity contribution is 5.70. The molecule has 1 unspecified atom stereocenters. The Kier molecular flexibility index (Phi) is 6.12. The van der Waals surface area contributed by atoms with Crippen molar-refractivity contribution in [1.29, 1.82) is 0 Å². The fraction of sp³-hybridized carbons (Fsp3) is 0.381. The molecule has 5 nitrogen and oxygen atoms in total. The van der Waals surface area contributed by atoms with Gasteiger partial charge in [0.05, 0.1) is 13.0 Å². The lowest BCUT2D eigenvalue weighted by Gasteiger charge is -2.30. The minimum atomic E-state index is -0.697. The number of hydrogen-bond donors (Lipinski definition) is 1. The molecule has 1 saturated heterocycles. The second kappa shape index (κ2) is 8.72. The van der Waals surface area contributed by atoms with Crippen molar-refractivity contribution < 1.29 is 19.4 Å². The maximum absolute atomic E-state index is 11.2. The largest absolute Gasteiger partial charge is 0.493 e. The summed E-state index contributed by atoms with van der Waals surface area (Å²) in [4.78, 5) is 13.4. The molecule has 1 fully saturated rings. The van der Waals surface area contributed by atoms with Gasteiger partial charge < -0.3 is 14.6 Å². The minimum Gasteiger partial charge on any atom is -0.493 e. The Balaban J connectivity index is 1.63. The van der Waals surface area contributed by atoms with Crippen molar-refractivity contribution in [3.63, 3.8) is 0 Å². The second-order valence-corrected chi connectivity index (χ2v) is 6.67. The molecular formula is C21H25NO4. The normalized spacial score (nSPS) is 17.7. The molecule has 1 heterocycles. The molecule has 0 bridgehead atoms. The number of rotatable bonds is 7. The lowest BCUT2D eigenvalue weighted by Crippen LogP contribution is -2.38. The number of likely N-dealkylation sites (tertiary alicyclic amines) is 1. The van der Waals surface area contributed by atoms with Crippen LogP contribution in [0.5, 0.6) is 11.5 Å². The number of carboxylic acids is 1. The van der Waals surface area contributed by atoms with Gasteiger partial charge in [-0.05, 0) is 42.6 Å². The summed E-state index contributed by atoms with van der Waals surface area (Å²) in [5, 5.41) is 9.23. The zero-order valence-electron chi connectivity index (χ0n) is 15.1. The quantitative estimate of drug-likeness (QED) is 0.823. The smallest absolute Gasteiger partial charge is 0.307 e. The number of carbonyl (C=O) groups is 1. The van der Waals surface area contributed by atoms with Gasteiger partial charge in [0.15, 0.2) is 11.5 Å². The van der Waals surface area contributed by atoms with Gasteiger partial charge in [0.2, 0.25) is 0 Å². The van der Waals surface area contributed by atoms with Crippen LogP contribution in [0.2, 0.25) is 0 Å². The van der Waals surface area contributed by atoms with Crippen molar-refractivity contribution in [3.05, 3.63) is 59.7 Å². The highest BCUT2D eigenvalue weighted by atomic mass is 16.5. The van der Waals surface area contributed by atoms with Gasteiger partial charge >= 0.3 is 5.97 Å². The first-order valence-corrected chi connectivity index (χ1v) is 8.94. The molecule has 2 aromatic carbocycles. The Morgan fingerprint density at radius 3 is 2.69 bits per heavy atom. The van der Waals surface area contributed by atoms with Crippen LogP contribution in [0.1, 0.15) is 24.0 Å². The fourth-order valence-corrected chi connectivity index (χ4v) is 3.32. The Morgan fingerprint density at radius 2 is 1.96 bits per heavy atom. The molecule has 1 atom stereocenters. The summed E-state index contributed by atoms with van der Waals surface area (Å²) in [6.45, 7) is 2.74. The van der Waals surface area contributed by atoms with Crippen LogP contribution in [0.15, 0.2) is 48.5 Å². The van der Waals surface area contributed by atoms with Gasteiger partial charge in [-0.25, -0.2) is 0 Å². The van der Waals surface area contributed by atoms with E-state index in [1.165, 1.54) is 0 Å². The molecule has 0 saturated carbocycles. The number of ether oxygens (including phenoxy) is 2. The lowest BCUT2D eigenvalue weighted by molar-refractivity contribution is -0.143.